The Morgan fingerprint density at radius 3 is 2.80 bits per heavy atom. The fraction of sp³-hybridized carbons (Fsp3) is 0.364. The summed E-state index contributed by atoms with van der Waals surface area (Å²) in [4.78, 5) is 2.01. The molecular weight excluding hydrogens is 301 g/mol. The Kier molecular flexibility index (Phi) is 4.21. The van der Waals surface area contributed by atoms with Gasteiger partial charge >= 0.3 is 0 Å². The van der Waals surface area contributed by atoms with Gasteiger partial charge in [0.15, 0.2) is 0 Å². The average Bonchev–Trinajstić information content (AvgIpc) is 2.17. The summed E-state index contributed by atoms with van der Waals surface area (Å²) in [5.41, 5.74) is 7.65. The van der Waals surface area contributed by atoms with Crippen LogP contribution in [-0.4, -0.2) is 13.6 Å². The van der Waals surface area contributed by atoms with E-state index in [4.69, 9.17) is 11.0 Å². The van der Waals surface area contributed by atoms with E-state index in [2.05, 4.69) is 28.7 Å². The minimum absolute atomic E-state index is 0.00804. The number of halogens is 1. The Hall–Kier alpha value is -0.960. The Balaban J connectivity index is 2.83. The summed E-state index contributed by atoms with van der Waals surface area (Å²) >= 11 is 2.23. The fourth-order valence-corrected chi connectivity index (χ4v) is 1.94. The maximum absolute atomic E-state index is 8.73. The average molecular weight is 315 g/mol. The van der Waals surface area contributed by atoms with Crippen LogP contribution in [0.3, 0.4) is 0 Å². The highest BCUT2D eigenvalue weighted by Crippen LogP contribution is 2.24. The van der Waals surface area contributed by atoms with E-state index in [1.807, 2.05) is 37.1 Å². The molecule has 0 aliphatic rings. The molecule has 0 saturated heterocycles. The quantitative estimate of drug-likeness (QED) is 0.689. The van der Waals surface area contributed by atoms with Gasteiger partial charge in [0.1, 0.15) is 0 Å². The summed E-state index contributed by atoms with van der Waals surface area (Å²) in [5, 5.41) is 8.73. The highest BCUT2D eigenvalue weighted by Gasteiger charge is 2.08. The Bertz CT molecular complexity index is 384. The highest BCUT2D eigenvalue weighted by atomic mass is 127. The summed E-state index contributed by atoms with van der Waals surface area (Å²) in [7, 11) is 1.95. The molecule has 0 aromatic heterocycles. The number of hydrogen-bond acceptors (Lipinski definition) is 3. The molecule has 0 bridgehead atoms. The minimum Gasteiger partial charge on any atom is -0.397 e. The Morgan fingerprint density at radius 2 is 2.27 bits per heavy atom. The molecule has 0 aliphatic heterocycles. The van der Waals surface area contributed by atoms with Crippen LogP contribution in [-0.2, 0) is 0 Å². The number of nitrogens with two attached hydrogens (primary N) is 1. The smallest absolute Gasteiger partial charge is 0.0671 e. The van der Waals surface area contributed by atoms with Crippen molar-refractivity contribution in [1.82, 2.24) is 0 Å². The van der Waals surface area contributed by atoms with E-state index in [0.29, 0.717) is 6.54 Å². The summed E-state index contributed by atoms with van der Waals surface area (Å²) in [6, 6.07) is 8.15. The second-order valence-electron chi connectivity index (χ2n) is 3.61. The minimum atomic E-state index is 0.00804. The molecule has 1 aromatic carbocycles. The van der Waals surface area contributed by atoms with Crippen LogP contribution in [0.2, 0.25) is 0 Å². The topological polar surface area (TPSA) is 53.0 Å². The van der Waals surface area contributed by atoms with Gasteiger partial charge in [-0.25, -0.2) is 0 Å². The first-order valence-corrected chi connectivity index (χ1v) is 5.78. The van der Waals surface area contributed by atoms with E-state index in [1.165, 1.54) is 0 Å². The van der Waals surface area contributed by atoms with Gasteiger partial charge in [0, 0.05) is 17.2 Å². The van der Waals surface area contributed by atoms with Crippen molar-refractivity contribution < 1.29 is 0 Å². The third-order valence-corrected chi connectivity index (χ3v) is 2.84. The molecule has 0 heterocycles. The molecule has 4 heteroatoms. The van der Waals surface area contributed by atoms with E-state index in [9.17, 15) is 0 Å². The predicted molar refractivity (Wildman–Crippen MR) is 71.6 cm³/mol. The van der Waals surface area contributed by atoms with Crippen molar-refractivity contribution in [1.29, 1.82) is 5.26 Å². The number of nitrogens with zero attached hydrogens (tertiary/aromatic N) is 2. The van der Waals surface area contributed by atoms with Crippen LogP contribution in [0, 0.1) is 20.8 Å². The van der Waals surface area contributed by atoms with Crippen LogP contribution in [0.25, 0.3) is 0 Å². The van der Waals surface area contributed by atoms with E-state index in [0.717, 1.165) is 14.9 Å². The molecule has 3 nitrogen and oxygen atoms in total. The van der Waals surface area contributed by atoms with E-state index in [1.54, 1.807) is 0 Å². The van der Waals surface area contributed by atoms with E-state index in [-0.39, 0.29) is 5.92 Å². The molecule has 1 unspecified atom stereocenters. The lowest BCUT2D eigenvalue weighted by Crippen LogP contribution is -2.24. The van der Waals surface area contributed by atoms with Gasteiger partial charge < -0.3 is 10.6 Å². The molecule has 0 radical (unpaired) electrons. The lowest BCUT2D eigenvalue weighted by atomic mass is 10.2. The van der Waals surface area contributed by atoms with Crippen LogP contribution >= 0.6 is 22.6 Å². The van der Waals surface area contributed by atoms with Crippen LogP contribution in [0.15, 0.2) is 18.2 Å². The summed E-state index contributed by atoms with van der Waals surface area (Å²) < 4.78 is 1.12. The Labute approximate surface area is 104 Å². The molecule has 0 saturated carbocycles. The van der Waals surface area contributed by atoms with Crippen molar-refractivity contribution in [2.24, 2.45) is 5.92 Å². The number of benzene rings is 1. The van der Waals surface area contributed by atoms with E-state index >= 15 is 0 Å². The van der Waals surface area contributed by atoms with Gasteiger partial charge in [-0.2, -0.15) is 5.26 Å². The van der Waals surface area contributed by atoms with Gasteiger partial charge in [-0.3, -0.25) is 0 Å². The number of rotatable bonds is 3. The van der Waals surface area contributed by atoms with Crippen molar-refractivity contribution in [3.05, 3.63) is 21.8 Å². The van der Waals surface area contributed by atoms with Crippen LogP contribution in [0.4, 0.5) is 11.4 Å². The van der Waals surface area contributed by atoms with Gasteiger partial charge in [0.2, 0.25) is 0 Å². The molecule has 2 N–H and O–H groups in total. The molecule has 0 spiro atoms. The molecule has 1 aromatic rings. The van der Waals surface area contributed by atoms with E-state index < -0.39 is 0 Å². The molecule has 0 fully saturated rings. The first-order valence-electron chi connectivity index (χ1n) is 4.70. The number of nitriles is 1. The van der Waals surface area contributed by atoms with Crippen LogP contribution < -0.4 is 10.6 Å². The first-order chi connectivity index (χ1) is 7.04. The highest BCUT2D eigenvalue weighted by molar-refractivity contribution is 14.1. The summed E-state index contributed by atoms with van der Waals surface area (Å²) in [6.07, 6.45) is 0. The third-order valence-electron chi connectivity index (χ3n) is 2.17. The van der Waals surface area contributed by atoms with Crippen molar-refractivity contribution in [2.45, 2.75) is 6.92 Å². The zero-order chi connectivity index (χ0) is 11.4. The van der Waals surface area contributed by atoms with Gasteiger partial charge in [0.25, 0.3) is 0 Å². The normalized spacial score (nSPS) is 11.9. The monoisotopic (exact) mass is 315 g/mol. The van der Waals surface area contributed by atoms with Crippen molar-refractivity contribution in [3.8, 4) is 6.07 Å². The molecule has 80 valence electrons. The SMILES string of the molecule is CC(C#N)CN(C)c1ccc(I)cc1N. The second kappa shape index (κ2) is 5.21. The van der Waals surface area contributed by atoms with Crippen LogP contribution in [0.5, 0.6) is 0 Å². The number of nitrogen functional groups attached to an aromatic ring is 1. The molecule has 0 amide bonds. The maximum Gasteiger partial charge on any atom is 0.0671 e. The molecule has 1 rings (SSSR count). The third kappa shape index (κ3) is 3.27. The van der Waals surface area contributed by atoms with Crippen molar-refractivity contribution in [3.63, 3.8) is 0 Å². The number of hydrogen-bond donors (Lipinski definition) is 1. The van der Waals surface area contributed by atoms with Gasteiger partial charge in [0.05, 0.1) is 23.4 Å². The fourth-order valence-electron chi connectivity index (χ4n) is 1.42. The molecule has 0 aliphatic carbocycles. The maximum atomic E-state index is 8.73. The summed E-state index contributed by atoms with van der Waals surface area (Å²) in [6.45, 7) is 2.60. The zero-order valence-electron chi connectivity index (χ0n) is 8.87. The zero-order valence-corrected chi connectivity index (χ0v) is 11.0. The first kappa shape index (κ1) is 12.1. The Morgan fingerprint density at radius 1 is 1.60 bits per heavy atom. The largest absolute Gasteiger partial charge is 0.397 e. The van der Waals surface area contributed by atoms with Crippen molar-refractivity contribution >= 4 is 34.0 Å². The van der Waals surface area contributed by atoms with Crippen molar-refractivity contribution in [2.75, 3.05) is 24.2 Å². The lowest BCUT2D eigenvalue weighted by molar-refractivity contribution is 0.717. The molecular formula is C11H14IN3. The summed E-state index contributed by atoms with van der Waals surface area (Å²) in [5.74, 6) is 0.00804. The number of anilines is 2. The molecule has 15 heavy (non-hydrogen) atoms. The van der Waals surface area contributed by atoms with Gasteiger partial charge in [-0.15, -0.1) is 0 Å². The van der Waals surface area contributed by atoms with Gasteiger partial charge in [-0.05, 0) is 47.7 Å². The molecule has 1 atom stereocenters. The lowest BCUT2D eigenvalue weighted by Gasteiger charge is -2.22. The standard InChI is InChI=1S/C11H14IN3/c1-8(6-13)7-15(2)11-4-3-9(12)5-10(11)14/h3-5,8H,7,14H2,1-2H3. The predicted octanol–water partition coefficient (Wildman–Crippen LogP) is 2.47. The second-order valence-corrected chi connectivity index (χ2v) is 4.86. The van der Waals surface area contributed by atoms with Crippen LogP contribution in [0.1, 0.15) is 6.92 Å². The van der Waals surface area contributed by atoms with Gasteiger partial charge in [-0.1, -0.05) is 0 Å².